The van der Waals surface area contributed by atoms with Crippen LogP contribution in [0.15, 0.2) is 72.8 Å². The maximum absolute atomic E-state index is 6.78. The summed E-state index contributed by atoms with van der Waals surface area (Å²) >= 11 is 6.78. The molecular weight excluding hydrogens is 482 g/mol. The lowest BCUT2D eigenvalue weighted by Crippen LogP contribution is -2.01. The molecule has 4 rings (SSSR count). The first-order chi connectivity index (χ1) is 18.0. The van der Waals surface area contributed by atoms with Gasteiger partial charge in [-0.3, -0.25) is 0 Å². The Morgan fingerprint density at radius 1 is 0.622 bits per heavy atom. The van der Waals surface area contributed by atoms with Crippen LogP contribution in [-0.2, 0) is 0 Å². The quantitative estimate of drug-likeness (QED) is 0.188. The Morgan fingerprint density at radius 3 is 1.68 bits per heavy atom. The average molecular weight is 518 g/mol. The number of ether oxygens (including phenoxy) is 3. The lowest BCUT2D eigenvalue weighted by atomic mass is 10.0. The van der Waals surface area contributed by atoms with Crippen molar-refractivity contribution >= 4 is 11.6 Å². The Morgan fingerprint density at radius 2 is 1.14 bits per heavy atom. The van der Waals surface area contributed by atoms with Crippen LogP contribution in [0.4, 0.5) is 0 Å². The maximum Gasteiger partial charge on any atom is 0.120 e. The molecule has 0 unspecified atom stereocenters. The highest BCUT2D eigenvalue weighted by atomic mass is 35.5. The van der Waals surface area contributed by atoms with Crippen molar-refractivity contribution in [1.29, 1.82) is 0 Å². The molecule has 0 saturated carbocycles. The van der Waals surface area contributed by atoms with Crippen molar-refractivity contribution in [2.75, 3.05) is 19.8 Å². The number of hydrogen-bond acceptors (Lipinski definition) is 3. The molecule has 1 heterocycles. The third-order valence-electron chi connectivity index (χ3n) is 6.14. The summed E-state index contributed by atoms with van der Waals surface area (Å²) in [5.74, 6) is 2.54. The second-order valence-electron chi connectivity index (χ2n) is 9.07. The molecule has 37 heavy (non-hydrogen) atoms. The van der Waals surface area contributed by atoms with Crippen molar-refractivity contribution in [2.24, 2.45) is 0 Å². The fourth-order valence-corrected chi connectivity index (χ4v) is 4.57. The summed E-state index contributed by atoms with van der Waals surface area (Å²) in [6.45, 7) is 10.5. The minimum Gasteiger partial charge on any atom is -0.494 e. The van der Waals surface area contributed by atoms with Gasteiger partial charge in [0, 0.05) is 22.5 Å². The predicted molar refractivity (Wildman–Crippen MR) is 154 cm³/mol. The van der Waals surface area contributed by atoms with E-state index < -0.39 is 0 Å². The Kier molecular flexibility index (Phi) is 9.19. The zero-order chi connectivity index (χ0) is 26.2. The summed E-state index contributed by atoms with van der Waals surface area (Å²) in [5.41, 5.74) is 6.41. The van der Waals surface area contributed by atoms with Gasteiger partial charge in [-0.25, -0.2) is 0 Å². The molecule has 0 spiro atoms. The number of nitrogens with zero attached hydrogens (tertiary/aromatic N) is 1. The van der Waals surface area contributed by atoms with Crippen LogP contribution in [-0.4, -0.2) is 24.4 Å². The van der Waals surface area contributed by atoms with Crippen molar-refractivity contribution in [1.82, 2.24) is 4.57 Å². The van der Waals surface area contributed by atoms with Gasteiger partial charge in [-0.15, -0.1) is 0 Å². The molecule has 0 bridgehead atoms. The van der Waals surface area contributed by atoms with Crippen LogP contribution in [0.2, 0.25) is 5.02 Å². The van der Waals surface area contributed by atoms with E-state index in [1.165, 1.54) is 0 Å². The van der Waals surface area contributed by atoms with Gasteiger partial charge in [-0.2, -0.15) is 0 Å². The number of hydrogen-bond donors (Lipinski definition) is 0. The zero-order valence-electron chi connectivity index (χ0n) is 22.2. The Bertz CT molecular complexity index is 1290. The largest absolute Gasteiger partial charge is 0.494 e. The monoisotopic (exact) mass is 517 g/mol. The van der Waals surface area contributed by atoms with E-state index in [4.69, 9.17) is 25.8 Å². The fraction of sp³-hybridized carbons (Fsp3) is 0.312. The van der Waals surface area contributed by atoms with Gasteiger partial charge in [-0.1, -0.05) is 32.4 Å². The minimum atomic E-state index is 0.672. The molecule has 3 aromatic carbocycles. The summed E-state index contributed by atoms with van der Waals surface area (Å²) in [6, 6.07) is 24.7. The van der Waals surface area contributed by atoms with Gasteiger partial charge in [0.1, 0.15) is 17.2 Å². The van der Waals surface area contributed by atoms with Crippen molar-refractivity contribution in [3.05, 3.63) is 83.5 Å². The summed E-state index contributed by atoms with van der Waals surface area (Å²) in [4.78, 5) is 0. The van der Waals surface area contributed by atoms with Gasteiger partial charge >= 0.3 is 0 Å². The normalized spacial score (nSPS) is 10.9. The standard InChI is InChI=1S/C32H36ClNO3/c1-5-18-35-26-12-8-24(9-13-26)32-22-30(29-17-16-28(21-31(29)33)37-20-7-3)23(4)34(32)25-10-14-27(15-11-25)36-19-6-2/h8-17,21-22H,5-7,18-20H2,1-4H3. The number of benzene rings is 3. The van der Waals surface area contributed by atoms with E-state index >= 15 is 0 Å². The van der Waals surface area contributed by atoms with Gasteiger partial charge in [-0.05, 0) is 105 Å². The van der Waals surface area contributed by atoms with Gasteiger partial charge in [0.2, 0.25) is 0 Å². The maximum atomic E-state index is 6.78. The van der Waals surface area contributed by atoms with Gasteiger partial charge in [0.25, 0.3) is 0 Å². The molecule has 194 valence electrons. The lowest BCUT2D eigenvalue weighted by molar-refractivity contribution is 0.317. The van der Waals surface area contributed by atoms with E-state index in [0.717, 1.165) is 70.3 Å². The Balaban J connectivity index is 1.78. The van der Waals surface area contributed by atoms with E-state index in [2.05, 4.69) is 62.6 Å². The number of rotatable bonds is 12. The van der Waals surface area contributed by atoms with Crippen LogP contribution in [0.1, 0.15) is 45.7 Å². The van der Waals surface area contributed by atoms with Crippen LogP contribution in [0.5, 0.6) is 17.2 Å². The summed E-state index contributed by atoms with van der Waals surface area (Å²) in [5, 5.41) is 0.673. The van der Waals surface area contributed by atoms with Gasteiger partial charge in [0.05, 0.1) is 30.5 Å². The van der Waals surface area contributed by atoms with E-state index in [9.17, 15) is 0 Å². The Hall–Kier alpha value is -3.37. The SMILES string of the molecule is CCCOc1ccc(-c2cc(-c3ccc(OCCC)cc3Cl)c(C)n2-c2ccc(OCCC)cc2)cc1. The van der Waals surface area contributed by atoms with Crippen molar-refractivity contribution < 1.29 is 14.2 Å². The average Bonchev–Trinajstić information content (AvgIpc) is 3.26. The Labute approximate surface area is 225 Å². The third kappa shape index (κ3) is 6.31. The molecule has 0 saturated heterocycles. The van der Waals surface area contributed by atoms with Gasteiger partial charge < -0.3 is 18.8 Å². The van der Waals surface area contributed by atoms with Crippen LogP contribution < -0.4 is 14.2 Å². The van der Waals surface area contributed by atoms with E-state index in [-0.39, 0.29) is 0 Å². The molecule has 0 atom stereocenters. The molecule has 0 aliphatic heterocycles. The van der Waals surface area contributed by atoms with Gasteiger partial charge in [0.15, 0.2) is 0 Å². The highest BCUT2D eigenvalue weighted by Crippen LogP contribution is 2.39. The summed E-state index contributed by atoms with van der Waals surface area (Å²) in [6.07, 6.45) is 2.91. The first-order valence-corrected chi connectivity index (χ1v) is 13.5. The molecule has 5 heteroatoms. The zero-order valence-corrected chi connectivity index (χ0v) is 23.0. The van der Waals surface area contributed by atoms with E-state index in [1.54, 1.807) is 0 Å². The molecule has 1 aromatic heterocycles. The lowest BCUT2D eigenvalue weighted by Gasteiger charge is -2.14. The molecule has 0 aliphatic carbocycles. The van der Waals surface area contributed by atoms with E-state index in [0.29, 0.717) is 24.8 Å². The first kappa shape index (κ1) is 26.7. The minimum absolute atomic E-state index is 0.672. The van der Waals surface area contributed by atoms with Crippen molar-refractivity contribution in [2.45, 2.75) is 47.0 Å². The molecule has 0 radical (unpaired) electrons. The van der Waals surface area contributed by atoms with Crippen molar-refractivity contribution in [3.8, 4) is 45.3 Å². The van der Waals surface area contributed by atoms with Crippen molar-refractivity contribution in [3.63, 3.8) is 0 Å². The van der Waals surface area contributed by atoms with Crippen LogP contribution in [0.25, 0.3) is 28.1 Å². The van der Waals surface area contributed by atoms with Crippen LogP contribution in [0, 0.1) is 6.92 Å². The van der Waals surface area contributed by atoms with E-state index in [1.807, 2.05) is 42.5 Å². The molecular formula is C32H36ClNO3. The molecule has 4 aromatic rings. The molecule has 0 fully saturated rings. The summed E-state index contributed by atoms with van der Waals surface area (Å²) < 4.78 is 19.7. The summed E-state index contributed by atoms with van der Waals surface area (Å²) in [7, 11) is 0. The second kappa shape index (κ2) is 12.7. The molecule has 0 N–H and O–H groups in total. The topological polar surface area (TPSA) is 32.6 Å². The van der Waals surface area contributed by atoms with Crippen LogP contribution >= 0.6 is 11.6 Å². The smallest absolute Gasteiger partial charge is 0.120 e. The highest BCUT2D eigenvalue weighted by molar-refractivity contribution is 6.33. The first-order valence-electron chi connectivity index (χ1n) is 13.2. The molecule has 4 nitrogen and oxygen atoms in total. The molecule has 0 aliphatic rings. The highest BCUT2D eigenvalue weighted by Gasteiger charge is 2.18. The second-order valence-corrected chi connectivity index (χ2v) is 9.48. The predicted octanol–water partition coefficient (Wildman–Crippen LogP) is 9.14. The van der Waals surface area contributed by atoms with Crippen LogP contribution in [0.3, 0.4) is 0 Å². The third-order valence-corrected chi connectivity index (χ3v) is 6.45. The fourth-order valence-electron chi connectivity index (χ4n) is 4.30. The number of halogens is 1. The number of aromatic nitrogens is 1. The molecule has 0 amide bonds.